The van der Waals surface area contributed by atoms with Gasteiger partial charge in [0.2, 0.25) is 0 Å². The highest BCUT2D eigenvalue weighted by Crippen LogP contribution is 2.29. The molecule has 1 aromatic heterocycles. The third kappa shape index (κ3) is 3.96. The second-order valence-corrected chi connectivity index (χ2v) is 6.44. The molecule has 1 N–H and O–H groups in total. The molecule has 0 atom stereocenters. The van der Waals surface area contributed by atoms with Crippen molar-refractivity contribution in [3.8, 4) is 0 Å². The molecule has 0 amide bonds. The summed E-state index contributed by atoms with van der Waals surface area (Å²) in [6, 6.07) is 4.96. The lowest BCUT2D eigenvalue weighted by molar-refractivity contribution is 0.396. The Labute approximate surface area is 113 Å². The monoisotopic (exact) mass is 268 g/mol. The van der Waals surface area contributed by atoms with E-state index in [0.29, 0.717) is 12.0 Å². The van der Waals surface area contributed by atoms with Gasteiger partial charge in [-0.05, 0) is 42.4 Å². The molecule has 0 radical (unpaired) electrons. The van der Waals surface area contributed by atoms with Crippen LogP contribution in [0.5, 0.6) is 0 Å². The minimum atomic E-state index is 0.635. The summed E-state index contributed by atoms with van der Waals surface area (Å²) in [5.41, 5.74) is 0. The fourth-order valence-electron chi connectivity index (χ4n) is 1.72. The SMILES string of the molecule is CC(C)CNC(=S)N(Cc1cccs1)C1CC1. The average Bonchev–Trinajstić information content (AvgIpc) is 3.00. The van der Waals surface area contributed by atoms with Crippen molar-refractivity contribution in [2.45, 2.75) is 39.3 Å². The number of hydrogen-bond donors (Lipinski definition) is 1. The predicted molar refractivity (Wildman–Crippen MR) is 78.3 cm³/mol. The Morgan fingerprint density at radius 1 is 1.59 bits per heavy atom. The van der Waals surface area contributed by atoms with Crippen LogP contribution >= 0.6 is 23.6 Å². The number of rotatable bonds is 5. The minimum Gasteiger partial charge on any atom is -0.362 e. The van der Waals surface area contributed by atoms with Crippen LogP contribution in [0.2, 0.25) is 0 Å². The van der Waals surface area contributed by atoms with Gasteiger partial charge in [0, 0.05) is 17.5 Å². The molecule has 1 aromatic rings. The van der Waals surface area contributed by atoms with E-state index in [2.05, 4.69) is 41.6 Å². The van der Waals surface area contributed by atoms with Gasteiger partial charge in [-0.25, -0.2) is 0 Å². The lowest BCUT2D eigenvalue weighted by Crippen LogP contribution is -2.41. The zero-order valence-corrected chi connectivity index (χ0v) is 12.1. The molecule has 1 aliphatic rings. The van der Waals surface area contributed by atoms with Gasteiger partial charge in [0.25, 0.3) is 0 Å². The van der Waals surface area contributed by atoms with E-state index >= 15 is 0 Å². The van der Waals surface area contributed by atoms with Crippen molar-refractivity contribution in [2.24, 2.45) is 5.92 Å². The minimum absolute atomic E-state index is 0.635. The quantitative estimate of drug-likeness (QED) is 0.825. The first-order chi connectivity index (χ1) is 8.16. The molecule has 17 heavy (non-hydrogen) atoms. The maximum absolute atomic E-state index is 5.50. The maximum atomic E-state index is 5.50. The lowest BCUT2D eigenvalue weighted by atomic mass is 10.2. The van der Waals surface area contributed by atoms with Crippen molar-refractivity contribution >= 4 is 28.7 Å². The average molecular weight is 268 g/mol. The first kappa shape index (κ1) is 12.8. The third-order valence-electron chi connectivity index (χ3n) is 2.82. The summed E-state index contributed by atoms with van der Waals surface area (Å²) >= 11 is 7.31. The van der Waals surface area contributed by atoms with Gasteiger partial charge in [-0.15, -0.1) is 11.3 Å². The highest BCUT2D eigenvalue weighted by Gasteiger charge is 2.30. The van der Waals surface area contributed by atoms with Crippen molar-refractivity contribution in [3.63, 3.8) is 0 Å². The molecule has 1 aliphatic carbocycles. The third-order valence-corrected chi connectivity index (χ3v) is 4.06. The smallest absolute Gasteiger partial charge is 0.169 e. The Morgan fingerprint density at radius 2 is 2.35 bits per heavy atom. The molecule has 1 fully saturated rings. The molecule has 2 rings (SSSR count). The highest BCUT2D eigenvalue weighted by molar-refractivity contribution is 7.80. The van der Waals surface area contributed by atoms with Crippen LogP contribution in [0.3, 0.4) is 0 Å². The summed E-state index contributed by atoms with van der Waals surface area (Å²) in [7, 11) is 0. The van der Waals surface area contributed by atoms with Crippen LogP contribution in [-0.2, 0) is 6.54 Å². The van der Waals surface area contributed by atoms with Gasteiger partial charge < -0.3 is 10.2 Å². The van der Waals surface area contributed by atoms with Crippen LogP contribution in [0.4, 0.5) is 0 Å². The summed E-state index contributed by atoms with van der Waals surface area (Å²) < 4.78 is 0. The Hall–Kier alpha value is -0.610. The molecular formula is C13H20N2S2. The molecular weight excluding hydrogens is 248 g/mol. The van der Waals surface area contributed by atoms with Gasteiger partial charge in [0.15, 0.2) is 5.11 Å². The number of thiocarbonyl (C=S) groups is 1. The zero-order chi connectivity index (χ0) is 12.3. The van der Waals surface area contributed by atoms with Crippen LogP contribution in [0.25, 0.3) is 0 Å². The van der Waals surface area contributed by atoms with E-state index in [1.54, 1.807) is 0 Å². The van der Waals surface area contributed by atoms with E-state index < -0.39 is 0 Å². The summed E-state index contributed by atoms with van der Waals surface area (Å²) in [6.45, 7) is 6.34. The van der Waals surface area contributed by atoms with E-state index in [1.165, 1.54) is 17.7 Å². The first-order valence-electron chi connectivity index (χ1n) is 6.23. The van der Waals surface area contributed by atoms with Crippen LogP contribution in [0, 0.1) is 5.92 Å². The number of thiophene rings is 1. The summed E-state index contributed by atoms with van der Waals surface area (Å²) in [5, 5.41) is 6.43. The molecule has 4 heteroatoms. The normalized spacial score (nSPS) is 15.0. The molecule has 94 valence electrons. The van der Waals surface area contributed by atoms with Gasteiger partial charge in [0.05, 0.1) is 6.54 Å². The molecule has 1 saturated carbocycles. The van der Waals surface area contributed by atoms with Gasteiger partial charge >= 0.3 is 0 Å². The van der Waals surface area contributed by atoms with Crippen molar-refractivity contribution in [2.75, 3.05) is 6.54 Å². The largest absolute Gasteiger partial charge is 0.362 e. The number of nitrogens with one attached hydrogen (secondary N) is 1. The molecule has 0 spiro atoms. The second-order valence-electron chi connectivity index (χ2n) is 5.02. The topological polar surface area (TPSA) is 15.3 Å². The molecule has 0 saturated heterocycles. The zero-order valence-electron chi connectivity index (χ0n) is 10.5. The molecule has 1 heterocycles. The summed E-state index contributed by atoms with van der Waals surface area (Å²) in [4.78, 5) is 3.74. The lowest BCUT2D eigenvalue weighted by Gasteiger charge is -2.25. The number of nitrogens with zero attached hydrogens (tertiary/aromatic N) is 1. The number of hydrogen-bond acceptors (Lipinski definition) is 2. The van der Waals surface area contributed by atoms with Gasteiger partial charge in [-0.1, -0.05) is 19.9 Å². The predicted octanol–water partition coefficient (Wildman–Crippen LogP) is 3.24. The van der Waals surface area contributed by atoms with Gasteiger partial charge in [-0.3, -0.25) is 0 Å². The van der Waals surface area contributed by atoms with Crippen molar-refractivity contribution in [1.29, 1.82) is 0 Å². The Morgan fingerprint density at radius 3 is 2.88 bits per heavy atom. The van der Waals surface area contributed by atoms with E-state index in [1.807, 2.05) is 11.3 Å². The molecule has 0 bridgehead atoms. The molecule has 2 nitrogen and oxygen atoms in total. The van der Waals surface area contributed by atoms with Gasteiger partial charge in [0.1, 0.15) is 0 Å². The summed E-state index contributed by atoms with van der Waals surface area (Å²) in [5.74, 6) is 0.635. The fourth-order valence-corrected chi connectivity index (χ4v) is 2.72. The van der Waals surface area contributed by atoms with Crippen molar-refractivity contribution < 1.29 is 0 Å². The van der Waals surface area contributed by atoms with Crippen LogP contribution in [0.1, 0.15) is 31.6 Å². The fraction of sp³-hybridized carbons (Fsp3) is 0.615. The molecule has 0 aliphatic heterocycles. The van der Waals surface area contributed by atoms with Crippen molar-refractivity contribution in [1.82, 2.24) is 10.2 Å². The Kier molecular flexibility index (Phi) is 4.40. The molecule has 0 unspecified atom stereocenters. The Balaban J connectivity index is 1.90. The van der Waals surface area contributed by atoms with Crippen LogP contribution in [0.15, 0.2) is 17.5 Å². The van der Waals surface area contributed by atoms with Crippen LogP contribution in [-0.4, -0.2) is 22.6 Å². The molecule has 0 aromatic carbocycles. The Bertz CT molecular complexity index is 356. The second kappa shape index (κ2) is 5.83. The standard InChI is InChI=1S/C13H20N2S2/c1-10(2)8-14-13(16)15(11-5-6-11)9-12-4-3-7-17-12/h3-4,7,10-11H,5-6,8-9H2,1-2H3,(H,14,16). The van der Waals surface area contributed by atoms with E-state index in [0.717, 1.165) is 18.2 Å². The van der Waals surface area contributed by atoms with Crippen molar-refractivity contribution in [3.05, 3.63) is 22.4 Å². The first-order valence-corrected chi connectivity index (χ1v) is 7.52. The van der Waals surface area contributed by atoms with Gasteiger partial charge in [-0.2, -0.15) is 0 Å². The summed E-state index contributed by atoms with van der Waals surface area (Å²) in [6.07, 6.45) is 2.57. The van der Waals surface area contributed by atoms with E-state index in [4.69, 9.17) is 12.2 Å². The van der Waals surface area contributed by atoms with E-state index in [-0.39, 0.29) is 0 Å². The van der Waals surface area contributed by atoms with E-state index in [9.17, 15) is 0 Å². The highest BCUT2D eigenvalue weighted by atomic mass is 32.1. The van der Waals surface area contributed by atoms with Crippen LogP contribution < -0.4 is 5.32 Å². The maximum Gasteiger partial charge on any atom is 0.169 e.